The number of carboxylic acid groups (broad SMARTS) is 1. The molecule has 1 atom stereocenters. The van der Waals surface area contributed by atoms with Crippen LogP contribution in [0.25, 0.3) is 0 Å². The predicted molar refractivity (Wildman–Crippen MR) is 195 cm³/mol. The topological polar surface area (TPSA) is 152 Å². The van der Waals surface area contributed by atoms with Crippen LogP contribution in [0.1, 0.15) is 49.3 Å². The number of fused-ring (bicyclic) bond motifs is 1. The zero-order valence-electron chi connectivity index (χ0n) is 30.2. The maximum absolute atomic E-state index is 14.1. The van der Waals surface area contributed by atoms with Crippen LogP contribution in [0.5, 0.6) is 0 Å². The van der Waals surface area contributed by atoms with Crippen LogP contribution in [0.2, 0.25) is 5.02 Å². The van der Waals surface area contributed by atoms with Gasteiger partial charge in [0, 0.05) is 82.6 Å². The number of carboxylic acids is 1. The first-order valence-electron chi connectivity index (χ1n) is 18.4. The lowest BCUT2D eigenvalue weighted by Crippen LogP contribution is -2.60. The lowest BCUT2D eigenvalue weighted by atomic mass is 9.86. The molecule has 294 valence electrons. The van der Waals surface area contributed by atoms with Crippen LogP contribution < -0.4 is 11.1 Å². The highest BCUT2D eigenvalue weighted by Gasteiger charge is 2.41. The number of halogens is 4. The molecule has 4 aliphatic rings. The molecular formula is C37H47ClF3N7O6. The smallest absolute Gasteiger partial charge is 0.418 e. The second kappa shape index (κ2) is 16.2. The summed E-state index contributed by atoms with van der Waals surface area (Å²) in [6.45, 7) is 6.41. The lowest BCUT2D eigenvalue weighted by Gasteiger charge is -2.49. The normalized spacial score (nSPS) is 20.8. The minimum Gasteiger partial charge on any atom is -0.480 e. The summed E-state index contributed by atoms with van der Waals surface area (Å²) in [4.78, 5) is 61.1. The Balaban J connectivity index is 1.12. The highest BCUT2D eigenvalue weighted by Crippen LogP contribution is 2.38. The molecule has 54 heavy (non-hydrogen) atoms. The molecule has 17 heteroatoms. The Hall–Kier alpha value is -4.28. The van der Waals surface area contributed by atoms with Crippen LogP contribution in [0.4, 0.5) is 34.1 Å². The lowest BCUT2D eigenvalue weighted by molar-refractivity contribution is -0.144. The number of urea groups is 1. The molecule has 0 spiro atoms. The molecule has 4 heterocycles. The SMILES string of the molecule is CC1(N2CCN(CC(=O)O)CC2)CCN(C(=O)C(Cc2cc(Cl)c(N)c(C(F)(F)F)c2)OC(=O)N2CCC(N3CCc4ccccc4NC3=O)CC2)CC1. The van der Waals surface area contributed by atoms with Crippen LogP contribution in [0.3, 0.4) is 0 Å². The zero-order valence-corrected chi connectivity index (χ0v) is 31.0. The van der Waals surface area contributed by atoms with E-state index in [4.69, 9.17) is 27.2 Å². The number of para-hydroxylation sites is 1. The molecule has 0 saturated carbocycles. The van der Waals surface area contributed by atoms with Gasteiger partial charge in [0.2, 0.25) is 0 Å². The number of piperazine rings is 1. The average Bonchev–Trinajstić information content (AvgIpc) is 3.30. The quantitative estimate of drug-likeness (QED) is 0.326. The van der Waals surface area contributed by atoms with Crippen molar-refractivity contribution in [1.82, 2.24) is 24.5 Å². The number of amides is 4. The number of ether oxygens (including phenoxy) is 1. The van der Waals surface area contributed by atoms with Crippen LogP contribution in [-0.4, -0.2) is 137 Å². The fourth-order valence-electron chi connectivity index (χ4n) is 8.08. The first kappa shape index (κ1) is 39.4. The van der Waals surface area contributed by atoms with Crippen molar-refractivity contribution in [3.8, 4) is 0 Å². The molecule has 0 aliphatic carbocycles. The van der Waals surface area contributed by atoms with E-state index in [-0.39, 0.29) is 54.3 Å². The van der Waals surface area contributed by atoms with Gasteiger partial charge in [0.25, 0.3) is 5.91 Å². The van der Waals surface area contributed by atoms with Crippen LogP contribution in [-0.2, 0) is 33.3 Å². The van der Waals surface area contributed by atoms with Crippen LogP contribution in [0.15, 0.2) is 36.4 Å². The van der Waals surface area contributed by atoms with Crippen molar-refractivity contribution in [2.24, 2.45) is 0 Å². The van der Waals surface area contributed by atoms with Crippen molar-refractivity contribution in [2.45, 2.75) is 69.3 Å². The number of carbonyl (C=O) groups excluding carboxylic acids is 3. The van der Waals surface area contributed by atoms with Crippen LogP contribution in [0, 0.1) is 0 Å². The number of rotatable bonds is 8. The molecule has 2 aromatic rings. The fourth-order valence-corrected chi connectivity index (χ4v) is 8.32. The third-order valence-electron chi connectivity index (χ3n) is 11.4. The van der Waals surface area contributed by atoms with Gasteiger partial charge in [-0.05, 0) is 68.4 Å². The Morgan fingerprint density at radius 3 is 2.31 bits per heavy atom. The summed E-state index contributed by atoms with van der Waals surface area (Å²) >= 11 is 6.12. The van der Waals surface area contributed by atoms with Gasteiger partial charge in [0.05, 0.1) is 22.8 Å². The predicted octanol–water partition coefficient (Wildman–Crippen LogP) is 4.63. The number of alkyl halides is 3. The summed E-state index contributed by atoms with van der Waals surface area (Å²) in [7, 11) is 0. The van der Waals surface area contributed by atoms with Crippen molar-refractivity contribution in [3.05, 3.63) is 58.1 Å². The Kier molecular flexibility index (Phi) is 11.8. The number of nitrogens with zero attached hydrogens (tertiary/aromatic N) is 5. The number of aliphatic carboxylic acids is 1. The van der Waals surface area contributed by atoms with E-state index < -0.39 is 41.5 Å². The van der Waals surface area contributed by atoms with Crippen LogP contribution >= 0.6 is 11.6 Å². The standard InChI is InChI=1S/C37H47ClF3N7O6/c1-36(47-18-16-44(17-19-47)23-31(49)50)9-14-45(15-10-36)33(51)30(22-24-20-27(37(39,40)41)32(42)28(38)21-24)54-35(53)46-11-7-26(8-12-46)48-13-6-25-4-2-3-5-29(25)43-34(48)52/h2-5,20-21,26,30H,6-19,22-23,42H2,1H3,(H,43,52)(H,49,50). The van der Waals surface area contributed by atoms with Crippen molar-refractivity contribution in [1.29, 1.82) is 0 Å². The summed E-state index contributed by atoms with van der Waals surface area (Å²) in [5, 5.41) is 11.8. The Morgan fingerprint density at radius 2 is 1.67 bits per heavy atom. The number of nitrogen functional groups attached to an aromatic ring is 1. The van der Waals surface area contributed by atoms with E-state index in [0.29, 0.717) is 77.9 Å². The molecule has 3 saturated heterocycles. The van der Waals surface area contributed by atoms with E-state index in [0.717, 1.165) is 17.3 Å². The number of hydrogen-bond donors (Lipinski definition) is 3. The zero-order chi connectivity index (χ0) is 38.8. The molecule has 4 N–H and O–H groups in total. The molecule has 2 aromatic carbocycles. The van der Waals surface area contributed by atoms with Gasteiger partial charge in [-0.3, -0.25) is 19.4 Å². The van der Waals surface area contributed by atoms with Gasteiger partial charge < -0.3 is 35.6 Å². The summed E-state index contributed by atoms with van der Waals surface area (Å²) < 4.78 is 47.5. The van der Waals surface area contributed by atoms with Gasteiger partial charge in [-0.15, -0.1) is 0 Å². The largest absolute Gasteiger partial charge is 0.480 e. The number of carbonyl (C=O) groups is 4. The summed E-state index contributed by atoms with van der Waals surface area (Å²) in [5.41, 5.74) is 5.52. The maximum atomic E-state index is 14.1. The number of nitrogens with two attached hydrogens (primary N) is 1. The molecule has 4 amide bonds. The van der Waals surface area contributed by atoms with Gasteiger partial charge >= 0.3 is 24.3 Å². The minimum atomic E-state index is -4.80. The Labute approximate surface area is 317 Å². The first-order chi connectivity index (χ1) is 25.6. The monoisotopic (exact) mass is 777 g/mol. The molecular weight excluding hydrogens is 731 g/mol. The van der Waals surface area contributed by atoms with Crippen molar-refractivity contribution in [3.63, 3.8) is 0 Å². The van der Waals surface area contributed by atoms with E-state index in [2.05, 4.69) is 17.1 Å². The Morgan fingerprint density at radius 1 is 1.00 bits per heavy atom. The summed E-state index contributed by atoms with van der Waals surface area (Å²) in [5.74, 6) is -1.39. The Bertz CT molecular complexity index is 1720. The van der Waals surface area contributed by atoms with E-state index >= 15 is 0 Å². The highest BCUT2D eigenvalue weighted by molar-refractivity contribution is 6.33. The molecule has 6 rings (SSSR count). The molecule has 0 bridgehead atoms. The van der Waals surface area contributed by atoms with Gasteiger partial charge in [-0.2, -0.15) is 13.2 Å². The van der Waals surface area contributed by atoms with Crippen molar-refractivity contribution in [2.75, 3.05) is 76.5 Å². The maximum Gasteiger partial charge on any atom is 0.418 e. The number of benzene rings is 2. The number of anilines is 2. The first-order valence-corrected chi connectivity index (χ1v) is 18.7. The van der Waals surface area contributed by atoms with Gasteiger partial charge in [-0.1, -0.05) is 29.8 Å². The number of hydrogen-bond acceptors (Lipinski definition) is 8. The van der Waals surface area contributed by atoms with Gasteiger partial charge in [0.1, 0.15) is 0 Å². The van der Waals surface area contributed by atoms with Crippen molar-refractivity contribution >= 4 is 47.0 Å². The van der Waals surface area contributed by atoms with Gasteiger partial charge in [-0.25, -0.2) is 9.59 Å². The minimum absolute atomic E-state index is 0.0144. The fraction of sp³-hybridized carbons (Fsp3) is 0.568. The summed E-state index contributed by atoms with van der Waals surface area (Å²) in [6.07, 6.45) is -4.49. The molecule has 0 radical (unpaired) electrons. The number of piperidine rings is 2. The average molecular weight is 778 g/mol. The second-order valence-electron chi connectivity index (χ2n) is 14.8. The molecule has 1 unspecified atom stereocenters. The van der Waals surface area contributed by atoms with E-state index in [1.165, 1.54) is 11.0 Å². The third kappa shape index (κ3) is 8.98. The third-order valence-corrected chi connectivity index (χ3v) is 11.7. The highest BCUT2D eigenvalue weighted by atomic mass is 35.5. The number of nitrogens with one attached hydrogen (secondary N) is 1. The summed E-state index contributed by atoms with van der Waals surface area (Å²) in [6, 6.07) is 9.41. The van der Waals surface area contributed by atoms with Gasteiger partial charge in [0.15, 0.2) is 6.10 Å². The van der Waals surface area contributed by atoms with E-state index in [1.807, 2.05) is 29.2 Å². The molecule has 13 nitrogen and oxygen atoms in total. The molecule has 4 aliphatic heterocycles. The molecule has 0 aromatic heterocycles. The second-order valence-corrected chi connectivity index (χ2v) is 15.2. The van der Waals surface area contributed by atoms with E-state index in [1.54, 1.807) is 9.80 Å². The van der Waals surface area contributed by atoms with E-state index in [9.17, 15) is 32.3 Å². The van der Waals surface area contributed by atoms with Crippen molar-refractivity contribution < 1.29 is 42.2 Å². The number of likely N-dealkylation sites (tertiary alicyclic amines) is 2. The molecule has 3 fully saturated rings.